The van der Waals surface area contributed by atoms with Gasteiger partial charge >= 0.3 is 0 Å². The number of hydrogen-bond donors (Lipinski definition) is 0. The van der Waals surface area contributed by atoms with Crippen LogP contribution in [0.2, 0.25) is 0 Å². The van der Waals surface area contributed by atoms with E-state index < -0.39 is 0 Å². The molecule has 2 nitrogen and oxygen atoms in total. The van der Waals surface area contributed by atoms with Crippen LogP contribution in [0.4, 0.5) is 34.1 Å². The van der Waals surface area contributed by atoms with E-state index in [-0.39, 0.29) is 5.41 Å². The van der Waals surface area contributed by atoms with E-state index in [1.165, 1.54) is 76.6 Å². The van der Waals surface area contributed by atoms with Gasteiger partial charge in [0.15, 0.2) is 0 Å². The highest BCUT2D eigenvalue weighted by atomic mass is 15.1. The highest BCUT2D eigenvalue weighted by molar-refractivity contribution is 6.16. The van der Waals surface area contributed by atoms with Crippen LogP contribution in [0.25, 0.3) is 66.4 Å². The summed E-state index contributed by atoms with van der Waals surface area (Å²) in [4.78, 5) is 4.83. The van der Waals surface area contributed by atoms with Gasteiger partial charge in [-0.2, -0.15) is 0 Å². The van der Waals surface area contributed by atoms with Gasteiger partial charge < -0.3 is 9.80 Å². The minimum absolute atomic E-state index is 0.201. The highest BCUT2D eigenvalue weighted by Crippen LogP contribution is 2.52. The van der Waals surface area contributed by atoms with E-state index in [9.17, 15) is 0 Å². The molecular formula is C63H46N2. The molecule has 2 heteroatoms. The molecule has 65 heavy (non-hydrogen) atoms. The van der Waals surface area contributed by atoms with E-state index in [0.717, 1.165) is 34.0 Å². The summed E-state index contributed by atoms with van der Waals surface area (Å²) in [6, 6.07) is 84.2. The third-order valence-electron chi connectivity index (χ3n) is 13.6. The van der Waals surface area contributed by atoms with Crippen molar-refractivity contribution in [1.29, 1.82) is 0 Å². The first-order valence-electron chi connectivity index (χ1n) is 22.6. The number of fused-ring (bicyclic) bond motifs is 9. The Kier molecular flexibility index (Phi) is 9.21. The molecule has 11 aromatic rings. The van der Waals surface area contributed by atoms with E-state index in [0.29, 0.717) is 0 Å². The molecule has 0 radical (unpaired) electrons. The average molecular weight is 831 g/mol. The van der Waals surface area contributed by atoms with Gasteiger partial charge in [0, 0.05) is 38.9 Å². The fourth-order valence-electron chi connectivity index (χ4n) is 10.4. The van der Waals surface area contributed by atoms with Crippen LogP contribution < -0.4 is 9.80 Å². The third-order valence-corrected chi connectivity index (χ3v) is 13.6. The molecule has 0 aromatic heterocycles. The fourth-order valence-corrected chi connectivity index (χ4v) is 10.4. The largest absolute Gasteiger partial charge is 0.310 e. The number of rotatable bonds is 8. The first-order chi connectivity index (χ1) is 32.0. The van der Waals surface area contributed by atoms with Gasteiger partial charge in [-0.3, -0.25) is 0 Å². The summed E-state index contributed by atoms with van der Waals surface area (Å²) >= 11 is 0. The molecule has 308 valence electrons. The lowest BCUT2D eigenvalue weighted by atomic mass is 9.81. The summed E-state index contributed by atoms with van der Waals surface area (Å²) < 4.78 is 0. The predicted octanol–water partition coefficient (Wildman–Crippen LogP) is 17.7. The van der Waals surface area contributed by atoms with Crippen molar-refractivity contribution in [3.63, 3.8) is 0 Å². The Morgan fingerprint density at radius 3 is 1.25 bits per heavy atom. The Hall–Kier alpha value is -8.20. The number of nitrogens with zero attached hydrogens (tertiary/aromatic N) is 2. The fraction of sp³-hybridized carbons (Fsp3) is 0.0476. The highest BCUT2D eigenvalue weighted by Gasteiger charge is 2.36. The molecule has 0 heterocycles. The van der Waals surface area contributed by atoms with Gasteiger partial charge in [0.1, 0.15) is 0 Å². The molecule has 0 saturated carbocycles. The zero-order chi connectivity index (χ0) is 43.5. The van der Waals surface area contributed by atoms with Crippen molar-refractivity contribution in [3.8, 4) is 11.1 Å². The van der Waals surface area contributed by atoms with Gasteiger partial charge in [0.25, 0.3) is 0 Å². The molecule has 1 aliphatic rings. The Morgan fingerprint density at radius 1 is 0.308 bits per heavy atom. The summed E-state index contributed by atoms with van der Waals surface area (Å²) in [5.41, 5.74) is 14.3. The molecule has 0 amide bonds. The third kappa shape index (κ3) is 6.57. The van der Waals surface area contributed by atoms with Crippen LogP contribution in [-0.4, -0.2) is 0 Å². The summed E-state index contributed by atoms with van der Waals surface area (Å²) in [5, 5.41) is 9.97. The Balaban J connectivity index is 0.876. The van der Waals surface area contributed by atoms with Crippen molar-refractivity contribution in [2.24, 2.45) is 0 Å². The molecule has 1 aliphatic carbocycles. The standard InChI is InChI=1S/C63H46N2/c1-63(2)59-39-44(30-29-43-31-34-49(35-32-43)64(47-19-5-3-6-20-47)61-40-45-17-9-11-23-51(45)53-25-13-15-27-57(53)61)33-37-55(59)56-38-36-50(42-60(56)63)65(48-21-7-4-8-22-48)62-41-46-18-10-12-24-52(46)54-26-14-16-28-58(54)62/h3-42H,1-2H3/b30-29+. The maximum atomic E-state index is 2.44. The summed E-state index contributed by atoms with van der Waals surface area (Å²) in [7, 11) is 0. The second-order valence-corrected chi connectivity index (χ2v) is 17.8. The van der Waals surface area contributed by atoms with Crippen LogP contribution in [0.15, 0.2) is 231 Å². The van der Waals surface area contributed by atoms with Crippen molar-refractivity contribution in [2.75, 3.05) is 9.80 Å². The van der Waals surface area contributed by atoms with Gasteiger partial charge in [0.2, 0.25) is 0 Å². The quantitative estimate of drug-likeness (QED) is 0.111. The number of anilines is 6. The van der Waals surface area contributed by atoms with E-state index in [4.69, 9.17) is 0 Å². The topological polar surface area (TPSA) is 6.48 Å². The zero-order valence-electron chi connectivity index (χ0n) is 36.5. The first kappa shape index (κ1) is 38.5. The van der Waals surface area contributed by atoms with E-state index in [1.807, 2.05) is 0 Å². The lowest BCUT2D eigenvalue weighted by Gasteiger charge is -2.29. The van der Waals surface area contributed by atoms with Crippen LogP contribution >= 0.6 is 0 Å². The number of para-hydroxylation sites is 2. The molecule has 0 atom stereocenters. The average Bonchev–Trinajstić information content (AvgIpc) is 3.59. The molecular weight excluding hydrogens is 785 g/mol. The predicted molar refractivity (Wildman–Crippen MR) is 279 cm³/mol. The van der Waals surface area contributed by atoms with Gasteiger partial charge in [-0.05, 0) is 126 Å². The second-order valence-electron chi connectivity index (χ2n) is 17.8. The van der Waals surface area contributed by atoms with Crippen LogP contribution in [0.1, 0.15) is 36.1 Å². The molecule has 0 saturated heterocycles. The molecule has 0 bridgehead atoms. The lowest BCUT2D eigenvalue weighted by Crippen LogP contribution is -2.17. The molecule has 12 rings (SSSR count). The van der Waals surface area contributed by atoms with Crippen LogP contribution in [-0.2, 0) is 5.41 Å². The normalized spacial score (nSPS) is 12.8. The summed E-state index contributed by atoms with van der Waals surface area (Å²) in [6.45, 7) is 4.76. The monoisotopic (exact) mass is 830 g/mol. The maximum Gasteiger partial charge on any atom is 0.0546 e. The minimum atomic E-state index is -0.201. The van der Waals surface area contributed by atoms with Crippen LogP contribution in [0.5, 0.6) is 0 Å². The SMILES string of the molecule is CC1(C)c2cc(/C=C/c3ccc(N(c4ccccc4)c4cc5ccccc5c5ccccc45)cc3)ccc2-c2ccc(N(c3ccccc3)c3cc4ccccc4c4ccccc34)cc21. The Morgan fingerprint density at radius 2 is 0.692 bits per heavy atom. The maximum absolute atomic E-state index is 2.44. The summed E-state index contributed by atoms with van der Waals surface area (Å²) in [6.07, 6.45) is 4.50. The van der Waals surface area contributed by atoms with Crippen molar-refractivity contribution >= 4 is 89.4 Å². The molecule has 0 N–H and O–H groups in total. The molecule has 0 unspecified atom stereocenters. The Labute approximate surface area is 380 Å². The lowest BCUT2D eigenvalue weighted by molar-refractivity contribution is 0.660. The minimum Gasteiger partial charge on any atom is -0.310 e. The molecule has 0 spiro atoms. The van der Waals surface area contributed by atoms with E-state index in [2.05, 4.69) is 266 Å². The number of hydrogen-bond acceptors (Lipinski definition) is 2. The van der Waals surface area contributed by atoms with Crippen LogP contribution in [0, 0.1) is 0 Å². The molecule has 0 fully saturated rings. The van der Waals surface area contributed by atoms with Gasteiger partial charge in [-0.25, -0.2) is 0 Å². The Bertz CT molecular complexity index is 3620. The van der Waals surface area contributed by atoms with Crippen molar-refractivity contribution in [1.82, 2.24) is 0 Å². The number of benzene rings is 11. The van der Waals surface area contributed by atoms with Gasteiger partial charge in [-0.15, -0.1) is 0 Å². The van der Waals surface area contributed by atoms with Crippen LogP contribution in [0.3, 0.4) is 0 Å². The van der Waals surface area contributed by atoms with E-state index in [1.54, 1.807) is 0 Å². The summed E-state index contributed by atoms with van der Waals surface area (Å²) in [5.74, 6) is 0. The van der Waals surface area contributed by atoms with Gasteiger partial charge in [0.05, 0.1) is 11.4 Å². The molecule has 11 aromatic carbocycles. The van der Waals surface area contributed by atoms with Crippen molar-refractivity contribution < 1.29 is 0 Å². The zero-order valence-corrected chi connectivity index (χ0v) is 36.5. The van der Waals surface area contributed by atoms with Crippen molar-refractivity contribution in [3.05, 3.63) is 253 Å². The second kappa shape index (κ2) is 15.6. The first-order valence-corrected chi connectivity index (χ1v) is 22.6. The van der Waals surface area contributed by atoms with Crippen molar-refractivity contribution in [2.45, 2.75) is 19.3 Å². The van der Waals surface area contributed by atoms with E-state index >= 15 is 0 Å². The van der Waals surface area contributed by atoms with Gasteiger partial charge in [-0.1, -0.05) is 196 Å². The smallest absolute Gasteiger partial charge is 0.0546 e. The molecule has 0 aliphatic heterocycles.